The highest BCUT2D eigenvalue weighted by molar-refractivity contribution is 14.1. The largest absolute Gasteiger partial charge is 0.493 e. The average molecular weight is 647 g/mol. The number of carbonyl (C=O) groups is 2. The van der Waals surface area contributed by atoms with Crippen LogP contribution in [0, 0.1) is 3.57 Å². The van der Waals surface area contributed by atoms with Crippen LogP contribution in [0.3, 0.4) is 0 Å². The topological polar surface area (TPSA) is 129 Å². The monoisotopic (exact) mass is 646 g/mol. The number of aliphatic hydroxyl groups excluding tert-OH is 3. The van der Waals surface area contributed by atoms with Crippen molar-refractivity contribution in [1.29, 1.82) is 0 Å². The molecule has 1 aliphatic carbocycles. The van der Waals surface area contributed by atoms with Crippen molar-refractivity contribution in [1.82, 2.24) is 10.2 Å². The van der Waals surface area contributed by atoms with Crippen molar-refractivity contribution in [3.05, 3.63) is 32.9 Å². The van der Waals surface area contributed by atoms with Crippen LogP contribution in [-0.2, 0) is 16.2 Å². The summed E-state index contributed by atoms with van der Waals surface area (Å²) in [6, 6.07) is 2.78. The predicted molar refractivity (Wildman–Crippen MR) is 154 cm³/mol. The van der Waals surface area contributed by atoms with Crippen LogP contribution >= 0.6 is 22.6 Å². The molecule has 9 nitrogen and oxygen atoms in total. The van der Waals surface area contributed by atoms with Crippen molar-refractivity contribution in [2.45, 2.75) is 90.1 Å². The number of amides is 2. The zero-order valence-corrected chi connectivity index (χ0v) is 24.9. The molecule has 10 heteroatoms. The second-order valence-corrected chi connectivity index (χ2v) is 10.7. The van der Waals surface area contributed by atoms with Crippen molar-refractivity contribution in [3.8, 4) is 11.5 Å². The zero-order chi connectivity index (χ0) is 28.1. The first-order valence-electron chi connectivity index (χ1n) is 13.5. The maximum absolute atomic E-state index is 13.3. The summed E-state index contributed by atoms with van der Waals surface area (Å²) in [6.45, 7) is 4.39. The number of unbranched alkanes of at least 4 members (excludes halogenated alkanes) is 4. The lowest BCUT2D eigenvalue weighted by Gasteiger charge is -2.41. The Kier molecular flexibility index (Phi) is 14.4. The number of aliphatic hydroxyl groups is 3. The smallest absolute Gasteiger partial charge is 0.247 e. The number of nitrogens with one attached hydrogen (secondary N) is 1. The summed E-state index contributed by atoms with van der Waals surface area (Å²) < 4.78 is 12.4. The summed E-state index contributed by atoms with van der Waals surface area (Å²) >= 11 is 2.08. The number of rotatable bonds is 16. The Hall–Kier alpha value is -1.89. The normalized spacial score (nSPS) is 19.0. The molecule has 4 N–H and O–H groups in total. The molecule has 3 atom stereocenters. The third-order valence-electron chi connectivity index (χ3n) is 6.66. The van der Waals surface area contributed by atoms with Gasteiger partial charge >= 0.3 is 0 Å². The minimum Gasteiger partial charge on any atom is -0.493 e. The molecule has 2 rings (SSSR count). The van der Waals surface area contributed by atoms with Gasteiger partial charge < -0.3 is 35.0 Å². The number of hydrogen-bond acceptors (Lipinski definition) is 7. The molecule has 214 valence electrons. The Morgan fingerprint density at radius 2 is 1.87 bits per heavy atom. The molecule has 0 aliphatic heterocycles. The van der Waals surface area contributed by atoms with E-state index in [4.69, 9.17) is 9.47 Å². The van der Waals surface area contributed by atoms with E-state index in [-0.39, 0.29) is 38.0 Å². The van der Waals surface area contributed by atoms with Crippen LogP contribution in [0.2, 0.25) is 0 Å². The molecule has 2 amide bonds. The van der Waals surface area contributed by atoms with Crippen molar-refractivity contribution in [2.75, 3.05) is 26.8 Å². The number of halogens is 1. The van der Waals surface area contributed by atoms with Gasteiger partial charge in [0.25, 0.3) is 0 Å². The summed E-state index contributed by atoms with van der Waals surface area (Å²) in [5.41, 5.74) is 1.04. The van der Waals surface area contributed by atoms with Gasteiger partial charge in [0.05, 0.1) is 29.9 Å². The lowest BCUT2D eigenvalue weighted by atomic mass is 9.87. The molecule has 0 saturated heterocycles. The van der Waals surface area contributed by atoms with E-state index in [0.717, 1.165) is 38.5 Å². The summed E-state index contributed by atoms with van der Waals surface area (Å²) in [5.74, 6) is 0.370. The molecular weight excluding hydrogens is 603 g/mol. The van der Waals surface area contributed by atoms with Gasteiger partial charge in [-0.3, -0.25) is 9.59 Å². The summed E-state index contributed by atoms with van der Waals surface area (Å²) in [4.78, 5) is 28.0. The molecule has 38 heavy (non-hydrogen) atoms. The van der Waals surface area contributed by atoms with E-state index >= 15 is 0 Å². The minimum atomic E-state index is -1.08. The number of nitrogens with zero attached hydrogens (tertiary/aromatic N) is 1. The SMILES string of the molecule is CCCCCCN(C(=O)CCCC)C1CC(C(=O)NCCO)=CC(Oc2c(I)cc(CO)cc2OC)C1O. The zero-order valence-electron chi connectivity index (χ0n) is 22.7. The van der Waals surface area contributed by atoms with Crippen LogP contribution < -0.4 is 14.8 Å². The van der Waals surface area contributed by atoms with E-state index in [2.05, 4.69) is 34.8 Å². The van der Waals surface area contributed by atoms with Crippen molar-refractivity contribution < 1.29 is 34.4 Å². The van der Waals surface area contributed by atoms with Gasteiger partial charge in [0.2, 0.25) is 11.8 Å². The van der Waals surface area contributed by atoms with Gasteiger partial charge in [-0.25, -0.2) is 0 Å². The third kappa shape index (κ3) is 9.10. The van der Waals surface area contributed by atoms with E-state index in [1.807, 2.05) is 6.92 Å². The van der Waals surface area contributed by atoms with Crippen molar-refractivity contribution >= 4 is 34.4 Å². The predicted octanol–water partition coefficient (Wildman–Crippen LogP) is 3.31. The number of hydrogen-bond donors (Lipinski definition) is 4. The fourth-order valence-corrected chi connectivity index (χ4v) is 5.34. The van der Waals surface area contributed by atoms with Crippen LogP contribution in [0.1, 0.15) is 70.8 Å². The molecule has 0 saturated carbocycles. The van der Waals surface area contributed by atoms with Crippen LogP contribution in [0.25, 0.3) is 0 Å². The standard InChI is InChI=1S/C28H43IN2O7/c1-4-6-8-9-12-31(25(34)10-7-5-2)22-16-20(28(36)30-11-13-32)17-23(26(22)35)38-27-21(29)14-19(18-33)15-24(27)37-3/h14-15,17,22-23,26,32-33,35H,4-13,16,18H2,1-3H3,(H,30,36). The number of benzene rings is 1. The molecule has 0 bridgehead atoms. The number of carbonyl (C=O) groups excluding carboxylic acids is 2. The van der Waals surface area contributed by atoms with Gasteiger partial charge in [-0.2, -0.15) is 0 Å². The Labute approximate surface area is 239 Å². The quantitative estimate of drug-likeness (QED) is 0.160. The van der Waals surface area contributed by atoms with Crippen LogP contribution in [0.15, 0.2) is 23.8 Å². The van der Waals surface area contributed by atoms with Crippen LogP contribution in [0.4, 0.5) is 0 Å². The lowest BCUT2D eigenvalue weighted by molar-refractivity contribution is -0.138. The highest BCUT2D eigenvalue weighted by Crippen LogP contribution is 2.37. The van der Waals surface area contributed by atoms with Gasteiger partial charge in [-0.1, -0.05) is 39.5 Å². The molecule has 1 aromatic rings. The number of methoxy groups -OCH3 is 1. The first kappa shape index (κ1) is 32.3. The summed E-state index contributed by atoms with van der Waals surface area (Å²) in [5, 5.41) is 33.0. The highest BCUT2D eigenvalue weighted by Gasteiger charge is 2.40. The van der Waals surface area contributed by atoms with E-state index < -0.39 is 18.2 Å². The molecular formula is C28H43IN2O7. The first-order valence-corrected chi connectivity index (χ1v) is 14.6. The highest BCUT2D eigenvalue weighted by atomic mass is 127. The summed E-state index contributed by atoms with van der Waals surface area (Å²) in [6.07, 6.45) is 5.69. The molecule has 0 radical (unpaired) electrons. The van der Waals surface area contributed by atoms with E-state index in [1.54, 1.807) is 23.1 Å². The van der Waals surface area contributed by atoms with E-state index in [9.17, 15) is 24.9 Å². The van der Waals surface area contributed by atoms with Gasteiger partial charge in [0, 0.05) is 31.5 Å². The van der Waals surface area contributed by atoms with Gasteiger partial charge in [0.15, 0.2) is 11.5 Å². The van der Waals surface area contributed by atoms with Crippen LogP contribution in [0.5, 0.6) is 11.5 Å². The van der Waals surface area contributed by atoms with Crippen LogP contribution in [-0.4, -0.2) is 77.1 Å². The molecule has 0 spiro atoms. The fourth-order valence-electron chi connectivity index (χ4n) is 4.55. The number of ether oxygens (including phenoxy) is 2. The maximum Gasteiger partial charge on any atom is 0.247 e. The second kappa shape index (κ2) is 16.9. The molecule has 0 heterocycles. The third-order valence-corrected chi connectivity index (χ3v) is 7.46. The molecule has 3 unspecified atom stereocenters. The minimum absolute atomic E-state index is 0.0392. The Morgan fingerprint density at radius 1 is 1.13 bits per heavy atom. The van der Waals surface area contributed by atoms with Gasteiger partial charge in [-0.05, 0) is 59.2 Å². The van der Waals surface area contributed by atoms with Gasteiger partial charge in [0.1, 0.15) is 12.2 Å². The van der Waals surface area contributed by atoms with Crippen molar-refractivity contribution in [3.63, 3.8) is 0 Å². The van der Waals surface area contributed by atoms with Gasteiger partial charge in [-0.15, -0.1) is 0 Å². The van der Waals surface area contributed by atoms with Crippen molar-refractivity contribution in [2.24, 2.45) is 0 Å². The van der Waals surface area contributed by atoms with E-state index in [1.165, 1.54) is 7.11 Å². The molecule has 1 aromatic carbocycles. The Morgan fingerprint density at radius 3 is 2.50 bits per heavy atom. The Bertz CT molecular complexity index is 940. The maximum atomic E-state index is 13.3. The molecule has 0 aromatic heterocycles. The lowest BCUT2D eigenvalue weighted by Crippen LogP contribution is -2.55. The Balaban J connectivity index is 2.45. The second-order valence-electron chi connectivity index (χ2n) is 9.53. The summed E-state index contributed by atoms with van der Waals surface area (Å²) in [7, 11) is 1.49. The molecule has 1 aliphatic rings. The average Bonchev–Trinajstić information content (AvgIpc) is 2.92. The van der Waals surface area contributed by atoms with E-state index in [0.29, 0.717) is 39.2 Å². The fraction of sp³-hybridized carbons (Fsp3) is 0.643. The first-order chi connectivity index (χ1) is 18.3. The molecule has 0 fully saturated rings.